The first-order valence-electron chi connectivity index (χ1n) is 6.38. The van der Waals surface area contributed by atoms with Gasteiger partial charge >= 0.3 is 0 Å². The van der Waals surface area contributed by atoms with Gasteiger partial charge in [-0.15, -0.1) is 0 Å². The largest absolute Gasteiger partial charge is 0.0622 e. The van der Waals surface area contributed by atoms with Gasteiger partial charge in [-0.3, -0.25) is 0 Å². The Balaban J connectivity index is 1.82. The van der Waals surface area contributed by atoms with Crippen molar-refractivity contribution < 1.29 is 0 Å². The summed E-state index contributed by atoms with van der Waals surface area (Å²) >= 11 is 0. The van der Waals surface area contributed by atoms with Gasteiger partial charge in [-0.1, -0.05) is 60.7 Å². The van der Waals surface area contributed by atoms with Crippen LogP contribution in [0.1, 0.15) is 24.0 Å². The molecule has 0 aliphatic heterocycles. The van der Waals surface area contributed by atoms with E-state index < -0.39 is 0 Å². The van der Waals surface area contributed by atoms with E-state index in [2.05, 4.69) is 60.7 Å². The van der Waals surface area contributed by atoms with Crippen molar-refractivity contribution in [3.05, 3.63) is 77.7 Å². The highest BCUT2D eigenvalue weighted by Gasteiger charge is 2.32. The first kappa shape index (κ1) is 10.6. The van der Waals surface area contributed by atoms with E-state index in [1.165, 1.54) is 24.0 Å². The van der Waals surface area contributed by atoms with Crippen LogP contribution < -0.4 is 0 Å². The molecule has 0 unspecified atom stereocenters. The zero-order valence-electron chi connectivity index (χ0n) is 9.97. The predicted octanol–water partition coefficient (Wildman–Crippen LogP) is 4.26. The van der Waals surface area contributed by atoms with E-state index in [1.54, 1.807) is 5.92 Å². The summed E-state index contributed by atoms with van der Waals surface area (Å²) in [4.78, 5) is 0. The molecule has 1 saturated carbocycles. The molecule has 1 aliphatic carbocycles. The van der Waals surface area contributed by atoms with Gasteiger partial charge in [0.25, 0.3) is 0 Å². The molecule has 0 saturated heterocycles. The van der Waals surface area contributed by atoms with E-state index in [1.807, 2.05) is 0 Å². The van der Waals surface area contributed by atoms with Gasteiger partial charge in [-0.05, 0) is 36.3 Å². The minimum atomic E-state index is 0.831. The molecule has 0 aromatic heterocycles. The molecule has 17 heavy (non-hydrogen) atoms. The van der Waals surface area contributed by atoms with Crippen LogP contribution in [0.5, 0.6) is 0 Å². The quantitative estimate of drug-likeness (QED) is 0.723. The van der Waals surface area contributed by atoms with Crippen LogP contribution in [0.3, 0.4) is 0 Å². The summed E-state index contributed by atoms with van der Waals surface area (Å²) in [5.41, 5.74) is 2.86. The first-order valence-corrected chi connectivity index (χ1v) is 6.38. The van der Waals surface area contributed by atoms with Gasteiger partial charge in [0, 0.05) is 5.92 Å². The van der Waals surface area contributed by atoms with E-state index in [0.29, 0.717) is 0 Å². The fraction of sp³-hybridized carbons (Fsp3) is 0.235. The maximum atomic E-state index is 2.25. The molecule has 1 fully saturated rings. The highest BCUT2D eigenvalue weighted by molar-refractivity contribution is 5.37. The summed E-state index contributed by atoms with van der Waals surface area (Å²) in [6, 6.07) is 21.7. The molecule has 0 N–H and O–H groups in total. The van der Waals surface area contributed by atoms with Crippen molar-refractivity contribution >= 4 is 0 Å². The lowest BCUT2D eigenvalue weighted by Gasteiger charge is -2.16. The Labute approximate surface area is 103 Å². The zero-order chi connectivity index (χ0) is 11.5. The van der Waals surface area contributed by atoms with Crippen molar-refractivity contribution in [1.82, 2.24) is 0 Å². The summed E-state index contributed by atoms with van der Waals surface area (Å²) in [7, 11) is 0. The predicted molar refractivity (Wildman–Crippen MR) is 71.7 cm³/mol. The van der Waals surface area contributed by atoms with E-state index >= 15 is 0 Å². The van der Waals surface area contributed by atoms with Gasteiger partial charge in [0.15, 0.2) is 0 Å². The third-order valence-electron chi connectivity index (χ3n) is 3.45. The van der Waals surface area contributed by atoms with Crippen LogP contribution in [-0.4, -0.2) is 0 Å². The third-order valence-corrected chi connectivity index (χ3v) is 3.45. The second-order valence-electron chi connectivity index (χ2n) is 4.83. The second-order valence-corrected chi connectivity index (χ2v) is 4.83. The van der Waals surface area contributed by atoms with Crippen LogP contribution in [0.2, 0.25) is 0 Å². The average Bonchev–Trinajstić information content (AvgIpc) is 3.23. The molecule has 2 aromatic carbocycles. The molecular weight excluding hydrogens is 204 g/mol. The molecule has 85 valence electrons. The fourth-order valence-electron chi connectivity index (χ4n) is 2.38. The molecule has 2 aromatic rings. The molecular formula is C17H17. The lowest BCUT2D eigenvalue weighted by molar-refractivity contribution is 0.808. The van der Waals surface area contributed by atoms with Crippen molar-refractivity contribution in [2.75, 3.05) is 0 Å². The highest BCUT2D eigenvalue weighted by Crippen LogP contribution is 2.43. The van der Waals surface area contributed by atoms with Gasteiger partial charge < -0.3 is 0 Å². The monoisotopic (exact) mass is 221 g/mol. The first-order chi connectivity index (χ1) is 8.43. The van der Waals surface area contributed by atoms with E-state index in [0.717, 1.165) is 12.3 Å². The maximum absolute atomic E-state index is 2.25. The van der Waals surface area contributed by atoms with Crippen molar-refractivity contribution in [2.24, 2.45) is 5.92 Å². The Kier molecular flexibility index (Phi) is 2.96. The third kappa shape index (κ3) is 2.58. The summed E-state index contributed by atoms with van der Waals surface area (Å²) < 4.78 is 0. The topological polar surface area (TPSA) is 0 Å². The zero-order valence-corrected chi connectivity index (χ0v) is 9.97. The van der Waals surface area contributed by atoms with Crippen LogP contribution in [0.25, 0.3) is 0 Å². The lowest BCUT2D eigenvalue weighted by Crippen LogP contribution is -2.06. The van der Waals surface area contributed by atoms with Gasteiger partial charge in [0.2, 0.25) is 0 Å². The molecule has 0 atom stereocenters. The SMILES string of the molecule is c1ccc(C[C](c2ccccc2)C2CC2)cc1. The lowest BCUT2D eigenvalue weighted by atomic mass is 9.88. The minimum absolute atomic E-state index is 0.831. The Morgan fingerprint density at radius 3 is 2.00 bits per heavy atom. The van der Waals surface area contributed by atoms with Gasteiger partial charge in [-0.25, -0.2) is 0 Å². The van der Waals surface area contributed by atoms with Crippen LogP contribution in [0.4, 0.5) is 0 Å². The van der Waals surface area contributed by atoms with E-state index in [-0.39, 0.29) is 0 Å². The molecule has 0 heterocycles. The van der Waals surface area contributed by atoms with E-state index in [9.17, 15) is 0 Å². The van der Waals surface area contributed by atoms with Crippen LogP contribution >= 0.6 is 0 Å². The van der Waals surface area contributed by atoms with Crippen molar-refractivity contribution in [3.8, 4) is 0 Å². The highest BCUT2D eigenvalue weighted by atomic mass is 14.4. The average molecular weight is 221 g/mol. The van der Waals surface area contributed by atoms with Crippen molar-refractivity contribution in [1.29, 1.82) is 0 Å². The number of hydrogen-bond acceptors (Lipinski definition) is 0. The fourth-order valence-corrected chi connectivity index (χ4v) is 2.38. The number of hydrogen-bond donors (Lipinski definition) is 0. The van der Waals surface area contributed by atoms with Gasteiger partial charge in [-0.2, -0.15) is 0 Å². The van der Waals surface area contributed by atoms with Gasteiger partial charge in [0.05, 0.1) is 0 Å². The Hall–Kier alpha value is -1.56. The molecule has 3 rings (SSSR count). The van der Waals surface area contributed by atoms with Crippen molar-refractivity contribution in [3.63, 3.8) is 0 Å². The number of benzene rings is 2. The Bertz CT molecular complexity index is 454. The second kappa shape index (κ2) is 4.75. The minimum Gasteiger partial charge on any atom is -0.0622 e. The molecule has 0 bridgehead atoms. The molecule has 0 amide bonds. The molecule has 0 nitrogen and oxygen atoms in total. The number of rotatable bonds is 4. The summed E-state index contributed by atoms with van der Waals surface area (Å²) in [6.45, 7) is 0. The van der Waals surface area contributed by atoms with E-state index in [4.69, 9.17) is 0 Å². The molecule has 1 aliphatic rings. The Morgan fingerprint density at radius 1 is 0.824 bits per heavy atom. The Morgan fingerprint density at radius 2 is 1.41 bits per heavy atom. The van der Waals surface area contributed by atoms with Gasteiger partial charge in [0.1, 0.15) is 0 Å². The molecule has 1 radical (unpaired) electrons. The summed E-state index contributed by atoms with van der Waals surface area (Å²) in [5, 5.41) is 0. The summed E-state index contributed by atoms with van der Waals surface area (Å²) in [5.74, 6) is 2.45. The van der Waals surface area contributed by atoms with Crippen LogP contribution in [-0.2, 0) is 6.42 Å². The van der Waals surface area contributed by atoms with Crippen LogP contribution in [0, 0.1) is 11.8 Å². The smallest absolute Gasteiger partial charge is 0.0124 e. The summed E-state index contributed by atoms with van der Waals surface area (Å²) in [6.07, 6.45) is 3.85. The molecule has 0 heteroatoms. The maximum Gasteiger partial charge on any atom is 0.0124 e. The standard InChI is InChI=1S/C17H17/c1-3-7-14(8-4-1)13-17(16-11-12-16)15-9-5-2-6-10-15/h1-10,16H,11-13H2. The molecule has 0 spiro atoms. The normalized spacial score (nSPS) is 15.1. The van der Waals surface area contributed by atoms with Crippen LogP contribution in [0.15, 0.2) is 60.7 Å². The van der Waals surface area contributed by atoms with Crippen molar-refractivity contribution in [2.45, 2.75) is 19.3 Å².